The SMILES string of the molecule is Cc1[nH]c(-c2cc(-c3cncc(N4CCOCC4)c3)ccn2)nc1C(=O)NCc1ccccc1.O=C(O)C(F)(F)F. The summed E-state index contributed by atoms with van der Waals surface area (Å²) in [5.41, 5.74) is 5.82. The lowest BCUT2D eigenvalue weighted by Gasteiger charge is -2.28. The molecule has 1 amide bonds. The van der Waals surface area contributed by atoms with Gasteiger partial charge in [0.1, 0.15) is 11.4 Å². The van der Waals surface area contributed by atoms with Crippen molar-refractivity contribution in [2.75, 3.05) is 31.2 Å². The van der Waals surface area contributed by atoms with Crippen LogP contribution in [-0.4, -0.2) is 69.4 Å². The average Bonchev–Trinajstić information content (AvgIpc) is 3.38. The van der Waals surface area contributed by atoms with Crippen LogP contribution in [-0.2, 0) is 16.1 Å². The monoisotopic (exact) mass is 568 g/mol. The minimum Gasteiger partial charge on any atom is -0.475 e. The molecule has 3 aromatic heterocycles. The van der Waals surface area contributed by atoms with Gasteiger partial charge in [0, 0.05) is 43.3 Å². The third-order valence-corrected chi connectivity index (χ3v) is 6.07. The highest BCUT2D eigenvalue weighted by atomic mass is 19.4. The number of aromatic amines is 1. The first-order chi connectivity index (χ1) is 19.6. The number of carboxylic acid groups (broad SMARTS) is 1. The Bertz CT molecular complexity index is 1490. The second-order valence-electron chi connectivity index (χ2n) is 8.99. The Kier molecular flexibility index (Phi) is 9.30. The summed E-state index contributed by atoms with van der Waals surface area (Å²) < 4.78 is 37.2. The molecule has 1 aliphatic rings. The van der Waals surface area contributed by atoms with Crippen LogP contribution >= 0.6 is 0 Å². The standard InChI is InChI=1S/C26H26N6O2.C2HF3O2/c1-18-24(26(33)29-15-19-5-3-2-4-6-19)31-25(30-18)23-14-20(7-8-28-23)21-13-22(17-27-16-21)32-9-11-34-12-10-32;3-2(4,5)1(6)7/h2-8,13-14,16-17H,9-12,15H2,1H3,(H,29,33)(H,30,31);(H,6,7). The van der Waals surface area contributed by atoms with E-state index in [0.717, 1.165) is 48.7 Å². The number of ether oxygens (including phenoxy) is 1. The highest BCUT2D eigenvalue weighted by Gasteiger charge is 2.38. The van der Waals surface area contributed by atoms with Gasteiger partial charge in [-0.1, -0.05) is 30.3 Å². The Labute approximate surface area is 233 Å². The molecule has 0 aliphatic carbocycles. The van der Waals surface area contributed by atoms with Crippen molar-refractivity contribution >= 4 is 17.6 Å². The molecule has 1 saturated heterocycles. The summed E-state index contributed by atoms with van der Waals surface area (Å²) in [7, 11) is 0. The maximum atomic E-state index is 12.7. The third-order valence-electron chi connectivity index (χ3n) is 6.07. The van der Waals surface area contributed by atoms with Crippen LogP contribution in [0.1, 0.15) is 21.7 Å². The van der Waals surface area contributed by atoms with Gasteiger partial charge < -0.3 is 25.0 Å². The number of halogens is 3. The van der Waals surface area contributed by atoms with E-state index in [0.29, 0.717) is 29.5 Å². The summed E-state index contributed by atoms with van der Waals surface area (Å²) in [5, 5.41) is 10.1. The largest absolute Gasteiger partial charge is 0.490 e. The van der Waals surface area contributed by atoms with Gasteiger partial charge >= 0.3 is 12.1 Å². The molecule has 0 spiro atoms. The summed E-state index contributed by atoms with van der Waals surface area (Å²) >= 11 is 0. The number of carboxylic acids is 1. The van der Waals surface area contributed by atoms with Crippen LogP contribution in [0.15, 0.2) is 67.1 Å². The summed E-state index contributed by atoms with van der Waals surface area (Å²) in [5.74, 6) is -2.42. The number of carbonyl (C=O) groups is 2. The topological polar surface area (TPSA) is 133 Å². The summed E-state index contributed by atoms with van der Waals surface area (Å²) in [6.45, 7) is 5.45. The van der Waals surface area contributed by atoms with Gasteiger partial charge in [-0.2, -0.15) is 13.2 Å². The molecule has 41 heavy (non-hydrogen) atoms. The maximum absolute atomic E-state index is 12.7. The van der Waals surface area contributed by atoms with Crippen molar-refractivity contribution < 1.29 is 32.6 Å². The second kappa shape index (κ2) is 13.0. The zero-order chi connectivity index (χ0) is 29.4. The van der Waals surface area contributed by atoms with Gasteiger partial charge in [-0.3, -0.25) is 14.8 Å². The first-order valence-corrected chi connectivity index (χ1v) is 12.5. The van der Waals surface area contributed by atoms with Crippen molar-refractivity contribution in [1.82, 2.24) is 25.3 Å². The van der Waals surface area contributed by atoms with E-state index < -0.39 is 12.1 Å². The van der Waals surface area contributed by atoms with E-state index in [2.05, 4.69) is 36.2 Å². The number of rotatable bonds is 6. The van der Waals surface area contributed by atoms with Gasteiger partial charge in [0.25, 0.3) is 5.91 Å². The lowest BCUT2D eigenvalue weighted by molar-refractivity contribution is -0.192. The van der Waals surface area contributed by atoms with Crippen LogP contribution < -0.4 is 10.2 Å². The molecule has 0 bridgehead atoms. The van der Waals surface area contributed by atoms with Gasteiger partial charge in [0.15, 0.2) is 5.82 Å². The molecule has 4 heterocycles. The first-order valence-electron chi connectivity index (χ1n) is 12.5. The lowest BCUT2D eigenvalue weighted by atomic mass is 10.1. The maximum Gasteiger partial charge on any atom is 0.490 e. The number of H-pyrrole nitrogens is 1. The summed E-state index contributed by atoms with van der Waals surface area (Å²) in [6, 6.07) is 15.8. The number of aryl methyl sites for hydroxylation is 1. The number of amides is 1. The van der Waals surface area contributed by atoms with Crippen molar-refractivity contribution in [3.05, 3.63) is 84.1 Å². The Morgan fingerprint density at radius 1 is 1.07 bits per heavy atom. The molecule has 3 N–H and O–H groups in total. The van der Waals surface area contributed by atoms with Crippen LogP contribution in [0.5, 0.6) is 0 Å². The molecule has 13 heteroatoms. The molecule has 5 rings (SSSR count). The van der Waals surface area contributed by atoms with E-state index in [4.69, 9.17) is 14.6 Å². The van der Waals surface area contributed by atoms with E-state index in [1.54, 1.807) is 6.20 Å². The highest BCUT2D eigenvalue weighted by Crippen LogP contribution is 2.27. The molecular weight excluding hydrogens is 541 g/mol. The quantitative estimate of drug-likeness (QED) is 0.315. The predicted molar refractivity (Wildman–Crippen MR) is 144 cm³/mol. The fraction of sp³-hybridized carbons (Fsp3) is 0.250. The van der Waals surface area contributed by atoms with Gasteiger partial charge in [-0.25, -0.2) is 9.78 Å². The van der Waals surface area contributed by atoms with Crippen molar-refractivity contribution in [3.63, 3.8) is 0 Å². The van der Waals surface area contributed by atoms with Gasteiger partial charge in [0.05, 0.1) is 25.1 Å². The fourth-order valence-corrected chi connectivity index (χ4v) is 3.98. The van der Waals surface area contributed by atoms with Crippen LogP contribution in [0.25, 0.3) is 22.6 Å². The minimum atomic E-state index is -5.08. The van der Waals surface area contributed by atoms with Crippen LogP contribution in [0, 0.1) is 6.92 Å². The average molecular weight is 569 g/mol. The summed E-state index contributed by atoms with van der Waals surface area (Å²) in [4.78, 5) is 40.6. The number of nitrogens with one attached hydrogen (secondary N) is 2. The van der Waals surface area contributed by atoms with Crippen molar-refractivity contribution in [3.8, 4) is 22.6 Å². The molecule has 214 valence electrons. The summed E-state index contributed by atoms with van der Waals surface area (Å²) in [6.07, 6.45) is 0.394. The number of aromatic nitrogens is 4. The van der Waals surface area contributed by atoms with E-state index in [1.165, 1.54) is 0 Å². The van der Waals surface area contributed by atoms with E-state index in [-0.39, 0.29) is 5.91 Å². The number of carbonyl (C=O) groups excluding carboxylic acids is 1. The Hall–Kier alpha value is -4.78. The van der Waals surface area contributed by atoms with E-state index in [9.17, 15) is 18.0 Å². The van der Waals surface area contributed by atoms with Crippen molar-refractivity contribution in [2.45, 2.75) is 19.6 Å². The Balaban J connectivity index is 0.000000493. The number of nitrogens with zero attached hydrogens (tertiary/aromatic N) is 4. The number of alkyl halides is 3. The van der Waals surface area contributed by atoms with Crippen molar-refractivity contribution in [1.29, 1.82) is 0 Å². The zero-order valence-corrected chi connectivity index (χ0v) is 22.0. The highest BCUT2D eigenvalue weighted by molar-refractivity contribution is 5.94. The molecule has 1 fully saturated rings. The third kappa shape index (κ3) is 7.88. The molecule has 0 radical (unpaired) electrons. The fourth-order valence-electron chi connectivity index (χ4n) is 3.98. The number of hydrogen-bond donors (Lipinski definition) is 3. The van der Waals surface area contributed by atoms with Crippen LogP contribution in [0.2, 0.25) is 0 Å². The number of morpholine rings is 1. The molecule has 4 aromatic rings. The van der Waals surface area contributed by atoms with Gasteiger partial charge in [-0.15, -0.1) is 0 Å². The lowest BCUT2D eigenvalue weighted by Crippen LogP contribution is -2.36. The molecule has 0 atom stereocenters. The smallest absolute Gasteiger partial charge is 0.475 e. The molecule has 0 saturated carbocycles. The molecular formula is C28H27F3N6O4. The number of pyridine rings is 2. The number of anilines is 1. The molecule has 0 unspecified atom stereocenters. The number of benzene rings is 1. The zero-order valence-electron chi connectivity index (χ0n) is 22.0. The Morgan fingerprint density at radius 3 is 2.46 bits per heavy atom. The number of imidazole rings is 1. The van der Waals surface area contributed by atoms with E-state index in [1.807, 2.05) is 61.8 Å². The van der Waals surface area contributed by atoms with Crippen LogP contribution in [0.3, 0.4) is 0 Å². The van der Waals surface area contributed by atoms with E-state index >= 15 is 0 Å². The molecule has 1 aliphatic heterocycles. The van der Waals surface area contributed by atoms with Crippen molar-refractivity contribution in [2.24, 2.45) is 0 Å². The number of hydrogen-bond acceptors (Lipinski definition) is 7. The Morgan fingerprint density at radius 2 is 1.78 bits per heavy atom. The molecule has 1 aromatic carbocycles. The molecule has 10 nitrogen and oxygen atoms in total. The minimum absolute atomic E-state index is 0.220. The normalized spacial score (nSPS) is 13.2. The number of aliphatic carboxylic acids is 1. The van der Waals surface area contributed by atoms with Gasteiger partial charge in [0.2, 0.25) is 0 Å². The van der Waals surface area contributed by atoms with Gasteiger partial charge in [-0.05, 0) is 36.2 Å². The van der Waals surface area contributed by atoms with Crippen LogP contribution in [0.4, 0.5) is 18.9 Å². The second-order valence-corrected chi connectivity index (χ2v) is 8.99. The first kappa shape index (κ1) is 29.2. The predicted octanol–water partition coefficient (Wildman–Crippen LogP) is 4.24.